The van der Waals surface area contributed by atoms with Gasteiger partial charge in [-0.25, -0.2) is 0 Å². The van der Waals surface area contributed by atoms with Crippen LogP contribution in [0.15, 0.2) is 54.7 Å². The van der Waals surface area contributed by atoms with Gasteiger partial charge < -0.3 is 14.6 Å². The molecule has 2 heterocycles. The Bertz CT molecular complexity index is 953. The van der Waals surface area contributed by atoms with Crippen molar-refractivity contribution < 1.29 is 9.53 Å². The molecule has 4 rings (SSSR count). The largest absolute Gasteiger partial charge is 0.376 e. The average Bonchev–Trinajstić information content (AvgIpc) is 3.37. The fraction of sp³-hybridized carbons (Fsp3) is 0.400. The zero-order chi connectivity index (χ0) is 20.1. The Hall–Kier alpha value is -2.59. The fourth-order valence-electron chi connectivity index (χ4n) is 4.10. The van der Waals surface area contributed by atoms with Gasteiger partial charge in [0.2, 0.25) is 5.91 Å². The lowest BCUT2D eigenvalue weighted by Crippen LogP contribution is -2.31. The molecule has 152 valence electrons. The minimum absolute atomic E-state index is 0.129. The van der Waals surface area contributed by atoms with Crippen molar-refractivity contribution in [2.24, 2.45) is 0 Å². The lowest BCUT2D eigenvalue weighted by Gasteiger charge is -2.10. The first-order valence-electron chi connectivity index (χ1n) is 10.7. The first-order valence-corrected chi connectivity index (χ1v) is 10.7. The summed E-state index contributed by atoms with van der Waals surface area (Å²) >= 11 is 0. The van der Waals surface area contributed by atoms with Gasteiger partial charge in [-0.05, 0) is 49.8 Å². The maximum absolute atomic E-state index is 12.2. The number of hydrogen-bond donors (Lipinski definition) is 1. The lowest BCUT2D eigenvalue weighted by atomic mass is 10.1. The van der Waals surface area contributed by atoms with E-state index >= 15 is 0 Å². The molecule has 1 atom stereocenters. The molecule has 0 saturated carbocycles. The molecule has 0 bridgehead atoms. The topological polar surface area (TPSA) is 43.3 Å². The van der Waals surface area contributed by atoms with Crippen LogP contribution in [-0.2, 0) is 22.5 Å². The molecule has 1 saturated heterocycles. The van der Waals surface area contributed by atoms with Gasteiger partial charge in [-0.15, -0.1) is 0 Å². The Morgan fingerprint density at radius 2 is 2.00 bits per heavy atom. The average molecular weight is 391 g/mol. The molecule has 3 aromatic rings. The van der Waals surface area contributed by atoms with E-state index in [1.807, 2.05) is 0 Å². The molecule has 1 N–H and O–H groups in total. The van der Waals surface area contributed by atoms with Crippen LogP contribution in [0.2, 0.25) is 0 Å². The molecule has 0 radical (unpaired) electrons. The predicted octanol–water partition coefficient (Wildman–Crippen LogP) is 4.62. The number of nitrogens with one attached hydrogen (secondary N) is 1. The lowest BCUT2D eigenvalue weighted by molar-refractivity contribution is -0.121. The summed E-state index contributed by atoms with van der Waals surface area (Å²) in [4.78, 5) is 12.2. The number of nitrogens with zero attached hydrogens (tertiary/aromatic N) is 1. The highest BCUT2D eigenvalue weighted by atomic mass is 16.5. The molecule has 0 unspecified atom stereocenters. The third-order valence-corrected chi connectivity index (χ3v) is 5.75. The SMILES string of the molecule is Cc1ccc(Cn2cc(CCCC(=O)NC[C@@H]3CCCO3)c3ccccc32)cc1. The van der Waals surface area contributed by atoms with Gasteiger partial charge in [-0.1, -0.05) is 48.0 Å². The van der Waals surface area contributed by atoms with Crippen molar-refractivity contribution in [2.45, 2.75) is 51.7 Å². The molecule has 4 nitrogen and oxygen atoms in total. The molecular weight excluding hydrogens is 360 g/mol. The normalized spacial score (nSPS) is 16.4. The fourth-order valence-corrected chi connectivity index (χ4v) is 4.10. The van der Waals surface area contributed by atoms with E-state index in [2.05, 4.69) is 71.5 Å². The second kappa shape index (κ2) is 9.27. The zero-order valence-electron chi connectivity index (χ0n) is 17.2. The van der Waals surface area contributed by atoms with Gasteiger partial charge in [0.05, 0.1) is 6.10 Å². The third kappa shape index (κ3) is 5.07. The maximum atomic E-state index is 12.2. The van der Waals surface area contributed by atoms with Crippen LogP contribution in [0.4, 0.5) is 0 Å². The number of carbonyl (C=O) groups excluding carboxylic acids is 1. The number of hydrogen-bond acceptors (Lipinski definition) is 2. The Labute approximate surface area is 172 Å². The van der Waals surface area contributed by atoms with Crippen molar-refractivity contribution in [3.8, 4) is 0 Å². The molecule has 29 heavy (non-hydrogen) atoms. The molecule has 1 aliphatic rings. The summed E-state index contributed by atoms with van der Waals surface area (Å²) in [6.07, 6.45) is 6.95. The summed E-state index contributed by atoms with van der Waals surface area (Å²) < 4.78 is 7.89. The summed E-state index contributed by atoms with van der Waals surface area (Å²) in [6, 6.07) is 17.3. The maximum Gasteiger partial charge on any atom is 0.220 e. The molecule has 2 aromatic carbocycles. The van der Waals surface area contributed by atoms with Crippen LogP contribution in [0.1, 0.15) is 42.4 Å². The standard InChI is InChI=1S/C25H30N2O2/c1-19-11-13-20(14-12-19)17-27-18-21(23-8-2-3-9-24(23)27)6-4-10-25(28)26-16-22-7-5-15-29-22/h2-3,8-9,11-14,18,22H,4-7,10,15-17H2,1H3,(H,26,28)/t22-/m0/s1. The number of carbonyl (C=O) groups is 1. The van der Waals surface area contributed by atoms with Crippen LogP contribution in [0.25, 0.3) is 10.9 Å². The minimum Gasteiger partial charge on any atom is -0.376 e. The number of ether oxygens (including phenoxy) is 1. The highest BCUT2D eigenvalue weighted by molar-refractivity contribution is 5.84. The van der Waals surface area contributed by atoms with E-state index in [0.29, 0.717) is 13.0 Å². The third-order valence-electron chi connectivity index (χ3n) is 5.75. The van der Waals surface area contributed by atoms with Gasteiger partial charge in [-0.3, -0.25) is 4.79 Å². The Balaban J connectivity index is 1.37. The summed E-state index contributed by atoms with van der Waals surface area (Å²) in [5.41, 5.74) is 5.16. The quantitative estimate of drug-likeness (QED) is 0.610. The van der Waals surface area contributed by atoms with E-state index in [4.69, 9.17) is 4.74 Å². The second-order valence-electron chi connectivity index (χ2n) is 8.08. The van der Waals surface area contributed by atoms with Crippen molar-refractivity contribution in [1.29, 1.82) is 0 Å². The van der Waals surface area contributed by atoms with Crippen molar-refractivity contribution in [3.05, 3.63) is 71.4 Å². The summed E-state index contributed by atoms with van der Waals surface area (Å²) in [7, 11) is 0. The number of aromatic nitrogens is 1. The Morgan fingerprint density at radius 3 is 2.79 bits per heavy atom. The van der Waals surface area contributed by atoms with Gasteiger partial charge in [0, 0.05) is 43.2 Å². The minimum atomic E-state index is 0.129. The Kier molecular flexibility index (Phi) is 6.30. The van der Waals surface area contributed by atoms with Gasteiger partial charge in [-0.2, -0.15) is 0 Å². The van der Waals surface area contributed by atoms with Crippen molar-refractivity contribution >= 4 is 16.8 Å². The van der Waals surface area contributed by atoms with Gasteiger partial charge in [0.25, 0.3) is 0 Å². The predicted molar refractivity (Wildman–Crippen MR) is 117 cm³/mol. The van der Waals surface area contributed by atoms with Crippen molar-refractivity contribution in [3.63, 3.8) is 0 Å². The molecule has 1 aliphatic heterocycles. The van der Waals surface area contributed by atoms with E-state index < -0.39 is 0 Å². The smallest absolute Gasteiger partial charge is 0.220 e. The van der Waals surface area contributed by atoms with Gasteiger partial charge in [0.15, 0.2) is 0 Å². The molecule has 1 fully saturated rings. The second-order valence-corrected chi connectivity index (χ2v) is 8.08. The highest BCUT2D eigenvalue weighted by Gasteiger charge is 2.16. The molecule has 0 spiro atoms. The number of fused-ring (bicyclic) bond motifs is 1. The molecule has 0 aliphatic carbocycles. The Morgan fingerprint density at radius 1 is 1.17 bits per heavy atom. The first-order chi connectivity index (χ1) is 14.2. The van der Waals surface area contributed by atoms with E-state index in [0.717, 1.165) is 38.8 Å². The molecule has 1 amide bonds. The van der Waals surface area contributed by atoms with Crippen molar-refractivity contribution in [1.82, 2.24) is 9.88 Å². The van der Waals surface area contributed by atoms with Crippen LogP contribution in [-0.4, -0.2) is 29.7 Å². The number of rotatable bonds is 8. The molecule has 4 heteroatoms. The first kappa shape index (κ1) is 19.7. The number of amides is 1. The van der Waals surface area contributed by atoms with E-state index in [1.165, 1.54) is 27.6 Å². The summed E-state index contributed by atoms with van der Waals surface area (Å²) in [5.74, 6) is 0.129. The van der Waals surface area contributed by atoms with Crippen LogP contribution in [0.3, 0.4) is 0 Å². The zero-order valence-corrected chi connectivity index (χ0v) is 17.2. The van der Waals surface area contributed by atoms with E-state index in [9.17, 15) is 4.79 Å². The highest BCUT2D eigenvalue weighted by Crippen LogP contribution is 2.24. The molecule has 1 aromatic heterocycles. The van der Waals surface area contributed by atoms with Gasteiger partial charge in [0.1, 0.15) is 0 Å². The van der Waals surface area contributed by atoms with Crippen molar-refractivity contribution in [2.75, 3.05) is 13.2 Å². The van der Waals surface area contributed by atoms with Crippen LogP contribution in [0.5, 0.6) is 0 Å². The number of aryl methyl sites for hydroxylation is 2. The van der Waals surface area contributed by atoms with E-state index in [-0.39, 0.29) is 12.0 Å². The van der Waals surface area contributed by atoms with E-state index in [1.54, 1.807) is 0 Å². The van der Waals surface area contributed by atoms with Crippen LogP contribution >= 0.6 is 0 Å². The van der Waals surface area contributed by atoms with Gasteiger partial charge >= 0.3 is 0 Å². The summed E-state index contributed by atoms with van der Waals surface area (Å²) in [5, 5.41) is 4.31. The van der Waals surface area contributed by atoms with Crippen LogP contribution in [0, 0.1) is 6.92 Å². The number of benzene rings is 2. The summed E-state index contributed by atoms with van der Waals surface area (Å²) in [6.45, 7) is 4.45. The molecular formula is C25H30N2O2. The monoisotopic (exact) mass is 390 g/mol. The van der Waals surface area contributed by atoms with Crippen LogP contribution < -0.4 is 5.32 Å². The number of para-hydroxylation sites is 1.